The molecule has 0 aliphatic heterocycles. The highest BCUT2D eigenvalue weighted by Gasteiger charge is 2.15. The Morgan fingerprint density at radius 2 is 1.32 bits per heavy atom. The predicted octanol–water partition coefficient (Wildman–Crippen LogP) is 5.00. The van der Waals surface area contributed by atoms with Crippen molar-refractivity contribution in [1.29, 1.82) is 0 Å². The van der Waals surface area contributed by atoms with Crippen molar-refractivity contribution in [3.8, 4) is 0 Å². The van der Waals surface area contributed by atoms with Gasteiger partial charge in [-0.3, -0.25) is 0 Å². The third kappa shape index (κ3) is 3.11. The van der Waals surface area contributed by atoms with Gasteiger partial charge in [-0.2, -0.15) is 0 Å². The summed E-state index contributed by atoms with van der Waals surface area (Å²) < 4.78 is 0. The molecule has 0 spiro atoms. The van der Waals surface area contributed by atoms with Crippen molar-refractivity contribution >= 4 is 23.2 Å². The summed E-state index contributed by atoms with van der Waals surface area (Å²) in [6, 6.07) is 9.25. The topological polar surface area (TPSA) is 20.2 Å². The lowest BCUT2D eigenvalue weighted by Gasteiger charge is -2.17. The molecule has 1 N–H and O–H groups in total. The summed E-state index contributed by atoms with van der Waals surface area (Å²) in [6.07, 6.45) is -0.713. The molecule has 3 heteroatoms. The third-order valence-electron chi connectivity index (χ3n) is 3.38. The summed E-state index contributed by atoms with van der Waals surface area (Å²) in [5.74, 6) is 0. The van der Waals surface area contributed by atoms with Gasteiger partial charge in [-0.1, -0.05) is 35.3 Å². The lowest BCUT2D eigenvalue weighted by Crippen LogP contribution is -2.03. The monoisotopic (exact) mass is 294 g/mol. The largest absolute Gasteiger partial charge is 0.384 e. The number of benzene rings is 2. The van der Waals surface area contributed by atoms with Crippen LogP contribution in [-0.2, 0) is 0 Å². The molecule has 19 heavy (non-hydrogen) atoms. The Kier molecular flexibility index (Phi) is 4.19. The van der Waals surface area contributed by atoms with E-state index in [1.807, 2.05) is 19.9 Å². The molecular weight excluding hydrogens is 279 g/mol. The van der Waals surface area contributed by atoms with E-state index in [0.717, 1.165) is 16.7 Å². The van der Waals surface area contributed by atoms with Gasteiger partial charge < -0.3 is 5.11 Å². The molecule has 2 aromatic rings. The number of hydrogen-bond acceptors (Lipinski definition) is 1. The molecule has 1 nitrogen and oxygen atoms in total. The third-order valence-corrected chi connectivity index (χ3v) is 3.81. The first-order chi connectivity index (χ1) is 8.88. The second-order valence-corrected chi connectivity index (χ2v) is 5.77. The lowest BCUT2D eigenvalue weighted by atomic mass is 9.93. The zero-order chi connectivity index (χ0) is 14.2. The van der Waals surface area contributed by atoms with E-state index in [9.17, 15) is 5.11 Å². The Balaban J connectivity index is 2.49. The first-order valence-corrected chi connectivity index (χ1v) is 6.86. The minimum atomic E-state index is -0.713. The van der Waals surface area contributed by atoms with Crippen LogP contribution in [0, 0.1) is 20.8 Å². The zero-order valence-electron chi connectivity index (χ0n) is 11.2. The Morgan fingerprint density at radius 3 is 1.89 bits per heavy atom. The fourth-order valence-electron chi connectivity index (χ4n) is 2.19. The van der Waals surface area contributed by atoms with Gasteiger partial charge in [-0.25, -0.2) is 0 Å². The highest BCUT2D eigenvalue weighted by atomic mass is 35.5. The maximum absolute atomic E-state index is 10.5. The molecule has 0 amide bonds. The molecule has 2 rings (SSSR count). The van der Waals surface area contributed by atoms with Crippen molar-refractivity contribution in [1.82, 2.24) is 0 Å². The van der Waals surface area contributed by atoms with E-state index < -0.39 is 6.10 Å². The van der Waals surface area contributed by atoms with Crippen molar-refractivity contribution in [2.75, 3.05) is 0 Å². The maximum atomic E-state index is 10.5. The molecule has 0 radical (unpaired) electrons. The van der Waals surface area contributed by atoms with E-state index in [2.05, 4.69) is 13.0 Å². The number of halogens is 2. The SMILES string of the molecule is Cc1cc(C)c(C(O)c2cc(Cl)cc(Cl)c2)cc1C. The van der Waals surface area contributed by atoms with Crippen molar-refractivity contribution in [2.24, 2.45) is 0 Å². The summed E-state index contributed by atoms with van der Waals surface area (Å²) >= 11 is 12.0. The molecule has 1 atom stereocenters. The molecule has 0 heterocycles. The Bertz CT molecular complexity index is 600. The molecule has 0 aliphatic rings. The fourth-order valence-corrected chi connectivity index (χ4v) is 2.73. The van der Waals surface area contributed by atoms with Crippen molar-refractivity contribution in [3.63, 3.8) is 0 Å². The molecular formula is C16H16Cl2O. The minimum absolute atomic E-state index is 0.531. The van der Waals surface area contributed by atoms with Gasteiger partial charge in [0.15, 0.2) is 0 Å². The van der Waals surface area contributed by atoms with Gasteiger partial charge in [0.1, 0.15) is 6.10 Å². The van der Waals surface area contributed by atoms with Crippen LogP contribution < -0.4 is 0 Å². The normalized spacial score (nSPS) is 12.5. The quantitative estimate of drug-likeness (QED) is 0.826. The molecule has 2 aromatic carbocycles. The average Bonchev–Trinajstić information content (AvgIpc) is 2.31. The standard InChI is InChI=1S/C16H16Cl2O/c1-9-4-11(3)15(5-10(9)2)16(19)12-6-13(17)8-14(18)7-12/h4-8,16,19H,1-3H3. The van der Waals surface area contributed by atoms with Crippen molar-refractivity contribution < 1.29 is 5.11 Å². The van der Waals surface area contributed by atoms with Crippen LogP contribution in [-0.4, -0.2) is 5.11 Å². The Morgan fingerprint density at radius 1 is 0.789 bits per heavy atom. The number of aliphatic hydroxyl groups excluding tert-OH is 1. The van der Waals surface area contributed by atoms with Gasteiger partial charge in [-0.05, 0) is 66.8 Å². The van der Waals surface area contributed by atoms with Gasteiger partial charge >= 0.3 is 0 Å². The molecule has 0 fully saturated rings. The van der Waals surface area contributed by atoms with E-state index in [4.69, 9.17) is 23.2 Å². The molecule has 0 aliphatic carbocycles. The predicted molar refractivity (Wildman–Crippen MR) is 81.2 cm³/mol. The highest BCUT2D eigenvalue weighted by molar-refractivity contribution is 6.34. The first kappa shape index (κ1) is 14.4. The summed E-state index contributed by atoms with van der Waals surface area (Å²) in [5.41, 5.74) is 5.04. The summed E-state index contributed by atoms with van der Waals surface area (Å²) in [6.45, 7) is 6.10. The first-order valence-electron chi connectivity index (χ1n) is 6.10. The Labute approximate surface area is 123 Å². The Hall–Kier alpha value is -1.02. The van der Waals surface area contributed by atoms with E-state index >= 15 is 0 Å². The van der Waals surface area contributed by atoms with Crippen LogP contribution in [0.25, 0.3) is 0 Å². The van der Waals surface area contributed by atoms with E-state index in [0.29, 0.717) is 15.6 Å². The highest BCUT2D eigenvalue weighted by Crippen LogP contribution is 2.30. The zero-order valence-corrected chi connectivity index (χ0v) is 12.7. The van der Waals surface area contributed by atoms with Crippen LogP contribution >= 0.6 is 23.2 Å². The molecule has 1 unspecified atom stereocenters. The molecule has 0 saturated heterocycles. The lowest BCUT2D eigenvalue weighted by molar-refractivity contribution is 0.219. The second-order valence-electron chi connectivity index (χ2n) is 4.90. The van der Waals surface area contributed by atoms with Gasteiger partial charge in [0, 0.05) is 10.0 Å². The second kappa shape index (κ2) is 5.54. The summed E-state index contributed by atoms with van der Waals surface area (Å²) in [4.78, 5) is 0. The van der Waals surface area contributed by atoms with Crippen LogP contribution in [0.15, 0.2) is 30.3 Å². The molecule has 0 aromatic heterocycles. The van der Waals surface area contributed by atoms with Gasteiger partial charge in [-0.15, -0.1) is 0 Å². The summed E-state index contributed by atoms with van der Waals surface area (Å²) in [5, 5.41) is 11.6. The van der Waals surface area contributed by atoms with Crippen LogP contribution in [0.3, 0.4) is 0 Å². The van der Waals surface area contributed by atoms with Crippen LogP contribution in [0.2, 0.25) is 10.0 Å². The molecule has 0 bridgehead atoms. The number of aryl methyl sites for hydroxylation is 3. The number of aliphatic hydroxyl groups is 1. The summed E-state index contributed by atoms with van der Waals surface area (Å²) in [7, 11) is 0. The van der Waals surface area contributed by atoms with Crippen LogP contribution in [0.1, 0.15) is 33.9 Å². The van der Waals surface area contributed by atoms with Crippen LogP contribution in [0.5, 0.6) is 0 Å². The maximum Gasteiger partial charge on any atom is 0.104 e. The number of rotatable bonds is 2. The van der Waals surface area contributed by atoms with Crippen LogP contribution in [0.4, 0.5) is 0 Å². The van der Waals surface area contributed by atoms with E-state index in [-0.39, 0.29) is 0 Å². The molecule has 100 valence electrons. The van der Waals surface area contributed by atoms with E-state index in [1.54, 1.807) is 18.2 Å². The van der Waals surface area contributed by atoms with Gasteiger partial charge in [0.2, 0.25) is 0 Å². The van der Waals surface area contributed by atoms with Gasteiger partial charge in [0.25, 0.3) is 0 Å². The number of hydrogen-bond donors (Lipinski definition) is 1. The van der Waals surface area contributed by atoms with Gasteiger partial charge in [0.05, 0.1) is 0 Å². The fraction of sp³-hybridized carbons (Fsp3) is 0.250. The van der Waals surface area contributed by atoms with Crippen molar-refractivity contribution in [3.05, 3.63) is 68.2 Å². The minimum Gasteiger partial charge on any atom is -0.384 e. The average molecular weight is 295 g/mol. The van der Waals surface area contributed by atoms with Crippen molar-refractivity contribution in [2.45, 2.75) is 26.9 Å². The van der Waals surface area contributed by atoms with E-state index in [1.165, 1.54) is 5.56 Å². The smallest absolute Gasteiger partial charge is 0.104 e. The molecule has 0 saturated carbocycles.